The van der Waals surface area contributed by atoms with E-state index in [2.05, 4.69) is 27.7 Å². The van der Waals surface area contributed by atoms with Gasteiger partial charge in [0, 0.05) is 18.2 Å². The molecule has 148 valence electrons. The van der Waals surface area contributed by atoms with Crippen molar-refractivity contribution in [3.05, 3.63) is 48.3 Å². The molecule has 0 aliphatic carbocycles. The predicted molar refractivity (Wildman–Crippen MR) is 107 cm³/mol. The molecule has 0 radical (unpaired) electrons. The van der Waals surface area contributed by atoms with E-state index in [9.17, 15) is 16.5 Å². The number of amides is 1. The summed E-state index contributed by atoms with van der Waals surface area (Å²) < 4.78 is 38.7. The van der Waals surface area contributed by atoms with Crippen LogP contribution in [0.2, 0.25) is 0 Å². The number of carbonyl (C=O) groups is 1. The molecule has 0 fully saturated rings. The maximum atomic E-state index is 12.9. The molecule has 1 amide bonds. The Labute approximate surface area is 168 Å². The van der Waals surface area contributed by atoms with Crippen LogP contribution in [0, 0.1) is 18.1 Å². The molecule has 1 heterocycles. The van der Waals surface area contributed by atoms with Crippen LogP contribution in [0.5, 0.6) is 0 Å². The van der Waals surface area contributed by atoms with Crippen molar-refractivity contribution in [1.29, 1.82) is 0 Å². The molecule has 0 spiro atoms. The summed E-state index contributed by atoms with van der Waals surface area (Å²) in [5, 5.41) is 3.46. The molecule has 0 aliphatic heterocycles. The van der Waals surface area contributed by atoms with E-state index in [4.69, 9.17) is 0 Å². The van der Waals surface area contributed by atoms with Gasteiger partial charge in [-0.2, -0.15) is 0 Å². The Bertz CT molecular complexity index is 948. The number of likely N-dealkylation sites (N-methyl/N-ethyl adjacent to an activating group) is 1. The first-order valence-electron chi connectivity index (χ1n) is 8.03. The molecule has 1 aromatic carbocycles. The lowest BCUT2D eigenvalue weighted by molar-refractivity contribution is -0.125. The molecule has 0 unspecified atom stereocenters. The van der Waals surface area contributed by atoms with Gasteiger partial charge in [-0.15, -0.1) is 11.7 Å². The molecule has 0 aliphatic rings. The summed E-state index contributed by atoms with van der Waals surface area (Å²) in [6.45, 7) is 7.07. The SMILES string of the molecule is C=CC(=O)N(C)Cc1nc(SC#CC)c(C)c(-c2ccc(S(F)(F)F)cc2)n1. The second-order valence-electron chi connectivity index (χ2n) is 5.70. The first-order chi connectivity index (χ1) is 13.2. The van der Waals surface area contributed by atoms with E-state index in [-0.39, 0.29) is 12.5 Å². The summed E-state index contributed by atoms with van der Waals surface area (Å²) in [6, 6.07) is 4.90. The number of rotatable bonds is 6. The number of aromatic nitrogens is 2. The van der Waals surface area contributed by atoms with Crippen molar-refractivity contribution in [1.82, 2.24) is 14.9 Å². The Morgan fingerprint density at radius 3 is 2.46 bits per heavy atom. The molecule has 4 nitrogen and oxygen atoms in total. The highest BCUT2D eigenvalue weighted by atomic mass is 32.3. The number of carbonyl (C=O) groups excluding carboxylic acids is 1. The Morgan fingerprint density at radius 1 is 1.29 bits per heavy atom. The molecule has 0 bridgehead atoms. The van der Waals surface area contributed by atoms with Crippen molar-refractivity contribution < 1.29 is 16.5 Å². The maximum absolute atomic E-state index is 12.9. The number of nitrogens with zero attached hydrogens (tertiary/aromatic N) is 3. The second-order valence-corrected chi connectivity index (χ2v) is 7.78. The monoisotopic (exact) mass is 425 g/mol. The summed E-state index contributed by atoms with van der Waals surface area (Å²) in [6.07, 6.45) is 1.19. The van der Waals surface area contributed by atoms with Crippen molar-refractivity contribution in [2.24, 2.45) is 0 Å². The molecular weight excluding hydrogens is 407 g/mol. The van der Waals surface area contributed by atoms with Gasteiger partial charge in [-0.1, -0.05) is 24.6 Å². The van der Waals surface area contributed by atoms with E-state index in [1.807, 2.05) is 0 Å². The van der Waals surface area contributed by atoms with E-state index in [1.165, 1.54) is 34.9 Å². The molecule has 0 saturated carbocycles. The van der Waals surface area contributed by atoms with Gasteiger partial charge in [0.15, 0.2) is 0 Å². The van der Waals surface area contributed by atoms with Crippen LogP contribution in [-0.4, -0.2) is 27.8 Å². The van der Waals surface area contributed by atoms with E-state index >= 15 is 0 Å². The second kappa shape index (κ2) is 9.17. The Kier molecular flexibility index (Phi) is 7.16. The van der Waals surface area contributed by atoms with Crippen molar-refractivity contribution in [2.75, 3.05) is 7.05 Å². The zero-order valence-corrected chi connectivity index (χ0v) is 17.1. The number of halogens is 3. The van der Waals surface area contributed by atoms with Crippen LogP contribution < -0.4 is 0 Å². The zero-order chi connectivity index (χ0) is 20.9. The van der Waals surface area contributed by atoms with Crippen LogP contribution in [0.3, 0.4) is 0 Å². The quantitative estimate of drug-likeness (QED) is 0.266. The van der Waals surface area contributed by atoms with E-state index in [0.29, 0.717) is 27.7 Å². The topological polar surface area (TPSA) is 46.1 Å². The van der Waals surface area contributed by atoms with Gasteiger partial charge in [-0.25, -0.2) is 9.97 Å². The van der Waals surface area contributed by atoms with E-state index in [1.54, 1.807) is 20.9 Å². The van der Waals surface area contributed by atoms with Gasteiger partial charge in [0.05, 0.1) is 17.1 Å². The highest BCUT2D eigenvalue weighted by molar-refractivity contribution is 8.20. The van der Waals surface area contributed by atoms with Gasteiger partial charge in [-0.3, -0.25) is 4.79 Å². The first kappa shape index (κ1) is 21.9. The predicted octanol–water partition coefficient (Wildman–Crippen LogP) is 5.49. The summed E-state index contributed by atoms with van der Waals surface area (Å²) in [5.41, 5.74) is 1.76. The molecule has 0 saturated heterocycles. The average Bonchev–Trinajstić information content (AvgIpc) is 2.66. The number of hydrogen-bond donors (Lipinski definition) is 0. The zero-order valence-electron chi connectivity index (χ0n) is 15.5. The lowest BCUT2D eigenvalue weighted by Gasteiger charge is -2.17. The molecule has 2 aromatic rings. The van der Waals surface area contributed by atoms with Gasteiger partial charge in [0.2, 0.25) is 17.1 Å². The molecule has 2 rings (SSSR count). The van der Waals surface area contributed by atoms with Gasteiger partial charge >= 0.3 is 0 Å². The minimum absolute atomic E-state index is 0.135. The molecule has 0 atom stereocenters. The third-order valence-electron chi connectivity index (χ3n) is 3.72. The fraction of sp³-hybridized carbons (Fsp3) is 0.211. The van der Waals surface area contributed by atoms with Gasteiger partial charge in [0.25, 0.3) is 0 Å². The highest BCUT2D eigenvalue weighted by Crippen LogP contribution is 2.60. The summed E-state index contributed by atoms with van der Waals surface area (Å²) in [5.74, 6) is 2.85. The number of hydrogen-bond acceptors (Lipinski definition) is 4. The van der Waals surface area contributed by atoms with Crippen LogP contribution in [0.1, 0.15) is 18.3 Å². The largest absolute Gasteiger partial charge is 0.335 e. The Balaban J connectivity index is 2.51. The molecule has 0 N–H and O–H groups in total. The highest BCUT2D eigenvalue weighted by Gasteiger charge is 2.24. The molecule has 1 aromatic heterocycles. The lowest BCUT2D eigenvalue weighted by atomic mass is 10.1. The summed E-state index contributed by atoms with van der Waals surface area (Å²) >= 11 is -4.07. The van der Waals surface area contributed by atoms with Crippen LogP contribution in [0.4, 0.5) is 11.7 Å². The smallest absolute Gasteiger partial charge is 0.246 e. The Morgan fingerprint density at radius 2 is 1.93 bits per heavy atom. The maximum Gasteiger partial charge on any atom is 0.246 e. The molecular formula is C19H18F3N3OS2. The fourth-order valence-electron chi connectivity index (χ4n) is 2.30. The number of thioether (sulfide) groups is 1. The third-order valence-corrected chi connectivity index (χ3v) is 5.43. The average molecular weight is 426 g/mol. The van der Waals surface area contributed by atoms with Gasteiger partial charge in [0.1, 0.15) is 10.9 Å². The first-order valence-corrected chi connectivity index (χ1v) is 10.2. The van der Waals surface area contributed by atoms with Crippen molar-refractivity contribution in [2.45, 2.75) is 30.3 Å². The van der Waals surface area contributed by atoms with E-state index < -0.39 is 16.1 Å². The van der Waals surface area contributed by atoms with Gasteiger partial charge < -0.3 is 4.90 Å². The van der Waals surface area contributed by atoms with Crippen LogP contribution >= 0.6 is 22.9 Å². The van der Waals surface area contributed by atoms with Crippen molar-refractivity contribution in [3.8, 4) is 22.4 Å². The fourth-order valence-corrected chi connectivity index (χ4v) is 3.35. The third kappa shape index (κ3) is 5.30. The van der Waals surface area contributed by atoms with Crippen LogP contribution in [0.25, 0.3) is 11.3 Å². The standard InChI is InChI=1S/C19H18F3N3OS2/c1-5-11-27-19-13(3)18(14-7-9-15(10-8-14)28(20,21)22)23-16(24-19)12-25(4)17(26)6-2/h6-10H,2,12H2,1,3-4H3. The summed E-state index contributed by atoms with van der Waals surface area (Å²) in [7, 11) is 1.59. The van der Waals surface area contributed by atoms with E-state index in [0.717, 1.165) is 12.1 Å². The van der Waals surface area contributed by atoms with Crippen LogP contribution in [0.15, 0.2) is 46.8 Å². The number of benzene rings is 1. The normalized spacial score (nSPS) is 11.4. The minimum atomic E-state index is -5.28. The molecule has 9 heteroatoms. The van der Waals surface area contributed by atoms with Crippen LogP contribution in [-0.2, 0) is 11.3 Å². The van der Waals surface area contributed by atoms with Gasteiger partial charge in [-0.05, 0) is 49.1 Å². The van der Waals surface area contributed by atoms with Crippen molar-refractivity contribution >= 4 is 28.9 Å². The summed E-state index contributed by atoms with van der Waals surface area (Å²) in [4.78, 5) is 21.4. The minimum Gasteiger partial charge on any atom is -0.335 e. The van der Waals surface area contributed by atoms with Crippen molar-refractivity contribution in [3.63, 3.8) is 0 Å². The lowest BCUT2D eigenvalue weighted by Crippen LogP contribution is -2.25. The molecule has 28 heavy (non-hydrogen) atoms. The Hall–Kier alpha value is -2.44.